The number of alkyl carbamates (subject to hydrolysis) is 1. The molecule has 1 aromatic carbocycles. The van der Waals surface area contributed by atoms with Crippen LogP contribution in [0.1, 0.15) is 38.8 Å². The van der Waals surface area contributed by atoms with Crippen LogP contribution in [0.3, 0.4) is 0 Å². The smallest absolute Gasteiger partial charge is 0.407 e. The summed E-state index contributed by atoms with van der Waals surface area (Å²) in [7, 11) is 0. The number of hydrogen-bond donors (Lipinski definition) is 2. The van der Waals surface area contributed by atoms with Gasteiger partial charge in [0.1, 0.15) is 11.4 Å². The maximum absolute atomic E-state index is 11.6. The molecule has 0 spiro atoms. The highest BCUT2D eigenvalue weighted by atomic mass is 79.9. The standard InChI is InChI=1S/C16H23BrN2O3/c1-16(2,3)22-15(20)19-9-8-18-12-7-10-21-13-6-4-5-11(17)14(12)13/h4-6,12,18H,7-10H2,1-3H3,(H,19,20). The molecule has 0 radical (unpaired) electrons. The van der Waals surface area contributed by atoms with Crippen molar-refractivity contribution in [2.75, 3.05) is 19.7 Å². The van der Waals surface area contributed by atoms with Gasteiger partial charge in [0.15, 0.2) is 0 Å². The minimum absolute atomic E-state index is 0.222. The Kier molecular flexibility index (Phi) is 5.69. The molecule has 22 heavy (non-hydrogen) atoms. The van der Waals surface area contributed by atoms with Crippen LogP contribution in [0.25, 0.3) is 0 Å². The monoisotopic (exact) mass is 370 g/mol. The van der Waals surface area contributed by atoms with E-state index in [1.165, 1.54) is 0 Å². The lowest BCUT2D eigenvalue weighted by atomic mass is 10.0. The quantitative estimate of drug-likeness (QED) is 0.797. The van der Waals surface area contributed by atoms with E-state index in [0.717, 1.165) is 22.2 Å². The molecular formula is C16H23BrN2O3. The van der Waals surface area contributed by atoms with Crippen molar-refractivity contribution in [3.63, 3.8) is 0 Å². The van der Waals surface area contributed by atoms with Gasteiger partial charge in [0.2, 0.25) is 0 Å². The van der Waals surface area contributed by atoms with E-state index in [1.54, 1.807) is 0 Å². The molecule has 1 aliphatic heterocycles. The average molecular weight is 371 g/mol. The highest BCUT2D eigenvalue weighted by Crippen LogP contribution is 2.37. The lowest BCUT2D eigenvalue weighted by molar-refractivity contribution is 0.0527. The van der Waals surface area contributed by atoms with E-state index < -0.39 is 5.60 Å². The Bertz CT molecular complexity index is 529. The number of ether oxygens (including phenoxy) is 2. The first-order valence-corrected chi connectivity index (χ1v) is 8.27. The number of halogens is 1. The number of rotatable bonds is 4. The van der Waals surface area contributed by atoms with Crippen LogP contribution >= 0.6 is 15.9 Å². The van der Waals surface area contributed by atoms with E-state index in [1.807, 2.05) is 39.0 Å². The number of benzene rings is 1. The summed E-state index contributed by atoms with van der Waals surface area (Å²) in [5.41, 5.74) is 0.674. The van der Waals surface area contributed by atoms with Crippen molar-refractivity contribution in [1.82, 2.24) is 10.6 Å². The molecule has 0 aliphatic carbocycles. The number of hydrogen-bond acceptors (Lipinski definition) is 4. The van der Waals surface area contributed by atoms with Gasteiger partial charge in [-0.3, -0.25) is 0 Å². The summed E-state index contributed by atoms with van der Waals surface area (Å²) in [5.74, 6) is 0.915. The van der Waals surface area contributed by atoms with Gasteiger partial charge in [-0.2, -0.15) is 0 Å². The Labute approximate surface area is 139 Å². The van der Waals surface area contributed by atoms with Gasteiger partial charge in [-0.25, -0.2) is 4.79 Å². The zero-order chi connectivity index (χ0) is 16.2. The summed E-state index contributed by atoms with van der Waals surface area (Å²) in [5, 5.41) is 6.21. The Hall–Kier alpha value is -1.27. The van der Waals surface area contributed by atoms with Crippen LogP contribution in [0, 0.1) is 0 Å². The SMILES string of the molecule is CC(C)(C)OC(=O)NCCNC1CCOc2cccc(Br)c21. The van der Waals surface area contributed by atoms with Gasteiger partial charge in [0, 0.05) is 35.6 Å². The Morgan fingerprint density at radius 3 is 2.91 bits per heavy atom. The maximum atomic E-state index is 11.6. The van der Waals surface area contributed by atoms with E-state index in [-0.39, 0.29) is 12.1 Å². The summed E-state index contributed by atoms with van der Waals surface area (Å²) in [4.78, 5) is 11.6. The van der Waals surface area contributed by atoms with Crippen molar-refractivity contribution in [2.45, 2.75) is 38.8 Å². The zero-order valence-electron chi connectivity index (χ0n) is 13.2. The van der Waals surface area contributed by atoms with Gasteiger partial charge in [0.25, 0.3) is 0 Å². The molecule has 1 unspecified atom stereocenters. The number of carbonyl (C=O) groups is 1. The van der Waals surface area contributed by atoms with E-state index in [9.17, 15) is 4.79 Å². The molecule has 6 heteroatoms. The molecule has 1 aromatic rings. The van der Waals surface area contributed by atoms with Crippen molar-refractivity contribution in [3.8, 4) is 5.75 Å². The predicted molar refractivity (Wildman–Crippen MR) is 89.2 cm³/mol. The molecule has 122 valence electrons. The van der Waals surface area contributed by atoms with Crippen LogP contribution < -0.4 is 15.4 Å². The zero-order valence-corrected chi connectivity index (χ0v) is 14.8. The third kappa shape index (κ3) is 4.88. The fraction of sp³-hybridized carbons (Fsp3) is 0.562. The third-order valence-electron chi connectivity index (χ3n) is 3.21. The topological polar surface area (TPSA) is 59.6 Å². The number of carbonyl (C=O) groups excluding carboxylic acids is 1. The Balaban J connectivity index is 1.81. The summed E-state index contributed by atoms with van der Waals surface area (Å²) in [6.45, 7) is 7.43. The van der Waals surface area contributed by atoms with Gasteiger partial charge in [-0.15, -0.1) is 0 Å². The van der Waals surface area contributed by atoms with Gasteiger partial charge in [-0.1, -0.05) is 22.0 Å². The molecule has 0 bridgehead atoms. The van der Waals surface area contributed by atoms with Gasteiger partial charge >= 0.3 is 6.09 Å². The maximum Gasteiger partial charge on any atom is 0.407 e. The van der Waals surface area contributed by atoms with E-state index in [2.05, 4.69) is 26.6 Å². The first kappa shape index (κ1) is 17.1. The van der Waals surface area contributed by atoms with Crippen LogP contribution in [0.2, 0.25) is 0 Å². The van der Waals surface area contributed by atoms with Crippen molar-refractivity contribution in [3.05, 3.63) is 28.2 Å². The van der Waals surface area contributed by atoms with Crippen LogP contribution in [0.4, 0.5) is 4.79 Å². The number of nitrogens with one attached hydrogen (secondary N) is 2. The summed E-state index contributed by atoms with van der Waals surface area (Å²) >= 11 is 3.58. The highest BCUT2D eigenvalue weighted by Gasteiger charge is 2.23. The highest BCUT2D eigenvalue weighted by molar-refractivity contribution is 9.10. The number of amides is 1. The molecule has 1 atom stereocenters. The van der Waals surface area contributed by atoms with Crippen molar-refractivity contribution < 1.29 is 14.3 Å². The average Bonchev–Trinajstić information content (AvgIpc) is 2.42. The Morgan fingerprint density at radius 1 is 1.41 bits per heavy atom. The lowest BCUT2D eigenvalue weighted by Crippen LogP contribution is -2.38. The first-order valence-electron chi connectivity index (χ1n) is 7.48. The molecule has 1 aliphatic rings. The normalized spacial score (nSPS) is 17.4. The molecule has 0 saturated carbocycles. The van der Waals surface area contributed by atoms with E-state index >= 15 is 0 Å². The molecule has 1 heterocycles. The largest absolute Gasteiger partial charge is 0.493 e. The van der Waals surface area contributed by atoms with Crippen LogP contribution in [0.5, 0.6) is 5.75 Å². The van der Waals surface area contributed by atoms with Crippen LogP contribution in [0.15, 0.2) is 22.7 Å². The van der Waals surface area contributed by atoms with Gasteiger partial charge < -0.3 is 20.1 Å². The van der Waals surface area contributed by atoms with E-state index in [4.69, 9.17) is 9.47 Å². The minimum atomic E-state index is -0.470. The van der Waals surface area contributed by atoms with Crippen molar-refractivity contribution in [1.29, 1.82) is 0 Å². The minimum Gasteiger partial charge on any atom is -0.493 e. The summed E-state index contributed by atoms with van der Waals surface area (Å²) in [6.07, 6.45) is 0.519. The fourth-order valence-electron chi connectivity index (χ4n) is 2.34. The molecule has 0 fully saturated rings. The number of fused-ring (bicyclic) bond motifs is 1. The lowest BCUT2D eigenvalue weighted by Gasteiger charge is -2.28. The van der Waals surface area contributed by atoms with Gasteiger partial charge in [-0.05, 0) is 32.9 Å². The van der Waals surface area contributed by atoms with Crippen molar-refractivity contribution >= 4 is 22.0 Å². The molecular weight excluding hydrogens is 348 g/mol. The molecule has 2 rings (SSSR count). The van der Waals surface area contributed by atoms with E-state index in [0.29, 0.717) is 19.7 Å². The Morgan fingerprint density at radius 2 is 2.18 bits per heavy atom. The molecule has 2 N–H and O–H groups in total. The summed E-state index contributed by atoms with van der Waals surface area (Å²) < 4.78 is 11.9. The van der Waals surface area contributed by atoms with Crippen LogP contribution in [-0.2, 0) is 4.74 Å². The predicted octanol–water partition coefficient (Wildman–Crippen LogP) is 3.39. The third-order valence-corrected chi connectivity index (χ3v) is 3.90. The second-order valence-corrected chi connectivity index (χ2v) is 7.08. The first-order chi connectivity index (χ1) is 10.4. The van der Waals surface area contributed by atoms with Crippen molar-refractivity contribution in [2.24, 2.45) is 0 Å². The second kappa shape index (κ2) is 7.33. The second-order valence-electron chi connectivity index (χ2n) is 6.22. The fourth-order valence-corrected chi connectivity index (χ4v) is 2.97. The van der Waals surface area contributed by atoms with Gasteiger partial charge in [0.05, 0.1) is 6.61 Å². The molecule has 1 amide bonds. The molecule has 0 saturated heterocycles. The van der Waals surface area contributed by atoms with Crippen LogP contribution in [-0.4, -0.2) is 31.4 Å². The molecule has 0 aromatic heterocycles. The summed E-state index contributed by atoms with van der Waals surface area (Å²) in [6, 6.07) is 6.18. The molecule has 5 nitrogen and oxygen atoms in total.